The second-order valence-electron chi connectivity index (χ2n) is 4.24. The van der Waals surface area contributed by atoms with Gasteiger partial charge in [0.05, 0.1) is 0 Å². The van der Waals surface area contributed by atoms with Crippen molar-refractivity contribution in [1.82, 2.24) is 4.90 Å². The third-order valence-corrected chi connectivity index (χ3v) is 3.61. The van der Waals surface area contributed by atoms with E-state index in [4.69, 9.17) is 0 Å². The van der Waals surface area contributed by atoms with Crippen LogP contribution in [0.4, 0.5) is 5.69 Å². The maximum absolute atomic E-state index is 11.5. The Morgan fingerprint density at radius 1 is 1.28 bits per heavy atom. The van der Waals surface area contributed by atoms with E-state index in [0.29, 0.717) is 5.03 Å². The lowest BCUT2D eigenvalue weighted by Crippen LogP contribution is -2.39. The predicted molar refractivity (Wildman–Crippen MR) is 74.5 cm³/mol. The fourth-order valence-corrected chi connectivity index (χ4v) is 2.72. The van der Waals surface area contributed by atoms with Gasteiger partial charge in [0.1, 0.15) is 0 Å². The summed E-state index contributed by atoms with van der Waals surface area (Å²) in [5, 5.41) is 0.459. The third kappa shape index (κ3) is 2.91. The molecule has 1 aliphatic rings. The van der Waals surface area contributed by atoms with Gasteiger partial charge in [0.15, 0.2) is 5.03 Å². The van der Waals surface area contributed by atoms with Gasteiger partial charge in [0.2, 0.25) is 11.1 Å². The largest absolute Gasteiger partial charge is 0.373 e. The van der Waals surface area contributed by atoms with Gasteiger partial charge < -0.3 is 14.4 Å². The molecule has 1 aromatic rings. The molecule has 0 spiro atoms. The smallest absolute Gasteiger partial charge is 0.205 e. The summed E-state index contributed by atoms with van der Waals surface area (Å²) < 4.78 is 20.9. The monoisotopic (exact) mass is 266 g/mol. The normalized spacial score (nSPS) is 17.6. The van der Waals surface area contributed by atoms with Gasteiger partial charge in [-0.25, -0.2) is 4.21 Å². The van der Waals surface area contributed by atoms with Crippen molar-refractivity contribution < 1.29 is 8.76 Å². The Kier molecular flexibility index (Phi) is 4.38. The first-order chi connectivity index (χ1) is 8.72. The number of benzene rings is 1. The Hall–Kier alpha value is -1.33. The number of rotatable bonds is 4. The van der Waals surface area contributed by atoms with Crippen LogP contribution in [0.15, 0.2) is 41.6 Å². The van der Waals surface area contributed by atoms with Gasteiger partial charge in [-0.2, -0.15) is 0 Å². The van der Waals surface area contributed by atoms with Gasteiger partial charge in [-0.05, 0) is 18.6 Å². The molecule has 1 aliphatic heterocycles. The first kappa shape index (κ1) is 13.1. The van der Waals surface area contributed by atoms with Crippen molar-refractivity contribution in [2.24, 2.45) is 0 Å². The van der Waals surface area contributed by atoms with E-state index in [1.165, 1.54) is 0 Å². The molecule has 1 unspecified atom stereocenters. The summed E-state index contributed by atoms with van der Waals surface area (Å²) in [4.78, 5) is 4.01. The van der Waals surface area contributed by atoms with Crippen LogP contribution in [0, 0.1) is 0 Å². The Bertz CT molecular complexity index is 448. The van der Waals surface area contributed by atoms with E-state index < -0.39 is 11.1 Å². The zero-order chi connectivity index (χ0) is 13.0. The molecule has 0 amide bonds. The highest BCUT2D eigenvalue weighted by atomic mass is 32.2. The summed E-state index contributed by atoms with van der Waals surface area (Å²) in [7, 11) is 0. The minimum atomic E-state index is -1.96. The fourth-order valence-electron chi connectivity index (χ4n) is 2.10. The SMILES string of the molecule is CCCN1C=C(S(=O)O)N(c2ccccc2)CC1. The minimum Gasteiger partial charge on any atom is -0.373 e. The standard InChI is InChI=1S/C13H18N2O2S/c1-2-8-14-9-10-15(13(11-14)18(16)17)12-6-4-3-5-7-12/h3-7,11H,2,8-10H2,1H3,(H,16,17). The Morgan fingerprint density at radius 3 is 2.61 bits per heavy atom. The topological polar surface area (TPSA) is 43.8 Å². The van der Waals surface area contributed by atoms with Crippen LogP contribution in [-0.4, -0.2) is 33.3 Å². The summed E-state index contributed by atoms with van der Waals surface area (Å²) >= 11 is -1.96. The molecule has 0 saturated heterocycles. The average Bonchev–Trinajstić information content (AvgIpc) is 2.40. The molecule has 18 heavy (non-hydrogen) atoms. The number of anilines is 1. The number of hydrogen-bond acceptors (Lipinski definition) is 3. The lowest BCUT2D eigenvalue weighted by Gasteiger charge is -2.34. The average molecular weight is 266 g/mol. The van der Waals surface area contributed by atoms with Crippen LogP contribution < -0.4 is 4.90 Å². The van der Waals surface area contributed by atoms with Crippen molar-refractivity contribution in [2.75, 3.05) is 24.5 Å². The van der Waals surface area contributed by atoms with E-state index in [1.807, 2.05) is 35.2 Å². The molecule has 1 heterocycles. The lowest BCUT2D eigenvalue weighted by atomic mass is 10.2. The van der Waals surface area contributed by atoms with Crippen molar-refractivity contribution in [2.45, 2.75) is 13.3 Å². The number of para-hydroxylation sites is 1. The Morgan fingerprint density at radius 2 is 2.00 bits per heavy atom. The van der Waals surface area contributed by atoms with Crippen molar-refractivity contribution in [3.05, 3.63) is 41.6 Å². The second kappa shape index (κ2) is 6.02. The first-order valence-electron chi connectivity index (χ1n) is 6.11. The van der Waals surface area contributed by atoms with Crippen molar-refractivity contribution in [3.8, 4) is 0 Å². The maximum atomic E-state index is 11.5. The molecule has 5 heteroatoms. The summed E-state index contributed by atoms with van der Waals surface area (Å²) in [5.41, 5.74) is 0.960. The molecule has 0 radical (unpaired) electrons. The zero-order valence-corrected chi connectivity index (χ0v) is 11.3. The highest BCUT2D eigenvalue weighted by Gasteiger charge is 2.22. The van der Waals surface area contributed by atoms with Gasteiger partial charge in [-0.3, -0.25) is 0 Å². The number of nitrogens with zero attached hydrogens (tertiary/aromatic N) is 2. The van der Waals surface area contributed by atoms with Gasteiger partial charge in [-0.1, -0.05) is 25.1 Å². The van der Waals surface area contributed by atoms with E-state index in [9.17, 15) is 8.76 Å². The summed E-state index contributed by atoms with van der Waals surface area (Å²) in [5.74, 6) is 0. The van der Waals surface area contributed by atoms with Gasteiger partial charge >= 0.3 is 0 Å². The minimum absolute atomic E-state index is 0.459. The molecule has 2 rings (SSSR count). The summed E-state index contributed by atoms with van der Waals surface area (Å²) in [6.45, 7) is 4.64. The molecule has 0 aliphatic carbocycles. The van der Waals surface area contributed by atoms with Crippen molar-refractivity contribution in [3.63, 3.8) is 0 Å². The molecule has 1 aromatic carbocycles. The molecule has 1 atom stereocenters. The maximum Gasteiger partial charge on any atom is 0.205 e. The Labute approximate surface area is 110 Å². The summed E-state index contributed by atoms with van der Waals surface area (Å²) in [6.07, 6.45) is 2.84. The summed E-state index contributed by atoms with van der Waals surface area (Å²) in [6, 6.07) is 9.72. The van der Waals surface area contributed by atoms with E-state index >= 15 is 0 Å². The van der Waals surface area contributed by atoms with Crippen LogP contribution in [0.5, 0.6) is 0 Å². The molecule has 0 bridgehead atoms. The number of hydrogen-bond donors (Lipinski definition) is 1. The van der Waals surface area contributed by atoms with Crippen LogP contribution in [0.25, 0.3) is 0 Å². The van der Waals surface area contributed by atoms with Gasteiger partial charge in [0.25, 0.3) is 0 Å². The van der Waals surface area contributed by atoms with E-state index in [1.54, 1.807) is 6.20 Å². The fraction of sp³-hybridized carbons (Fsp3) is 0.385. The van der Waals surface area contributed by atoms with Crippen LogP contribution in [0.1, 0.15) is 13.3 Å². The molecule has 0 fully saturated rings. The van der Waals surface area contributed by atoms with Gasteiger partial charge in [0, 0.05) is 31.5 Å². The lowest BCUT2D eigenvalue weighted by molar-refractivity contribution is 0.367. The molecule has 4 nitrogen and oxygen atoms in total. The molecular formula is C13H18N2O2S. The molecular weight excluding hydrogens is 248 g/mol. The Balaban J connectivity index is 2.26. The zero-order valence-electron chi connectivity index (χ0n) is 10.5. The quantitative estimate of drug-likeness (QED) is 0.849. The third-order valence-electron chi connectivity index (χ3n) is 2.93. The molecule has 0 saturated carbocycles. The first-order valence-corrected chi connectivity index (χ1v) is 7.22. The van der Waals surface area contributed by atoms with E-state index in [0.717, 1.165) is 31.7 Å². The second-order valence-corrected chi connectivity index (χ2v) is 5.16. The highest BCUT2D eigenvalue weighted by Crippen LogP contribution is 2.23. The van der Waals surface area contributed by atoms with Crippen LogP contribution in [0.2, 0.25) is 0 Å². The van der Waals surface area contributed by atoms with Crippen LogP contribution >= 0.6 is 0 Å². The van der Waals surface area contributed by atoms with Crippen LogP contribution in [-0.2, 0) is 11.1 Å². The van der Waals surface area contributed by atoms with Gasteiger partial charge in [-0.15, -0.1) is 0 Å². The molecule has 0 aromatic heterocycles. The molecule has 98 valence electrons. The van der Waals surface area contributed by atoms with Crippen LogP contribution in [0.3, 0.4) is 0 Å². The molecule has 1 N–H and O–H groups in total. The highest BCUT2D eigenvalue weighted by molar-refractivity contribution is 7.83. The van der Waals surface area contributed by atoms with E-state index in [2.05, 4.69) is 11.8 Å². The van der Waals surface area contributed by atoms with E-state index in [-0.39, 0.29) is 0 Å². The van der Waals surface area contributed by atoms with Crippen molar-refractivity contribution in [1.29, 1.82) is 0 Å². The predicted octanol–water partition coefficient (Wildman–Crippen LogP) is 2.24. The van der Waals surface area contributed by atoms with Crippen molar-refractivity contribution >= 4 is 16.8 Å².